The summed E-state index contributed by atoms with van der Waals surface area (Å²) < 4.78 is 4.91. The first-order valence-corrected chi connectivity index (χ1v) is 5.56. The summed E-state index contributed by atoms with van der Waals surface area (Å²) >= 11 is 0. The fourth-order valence-corrected chi connectivity index (χ4v) is 1.62. The summed E-state index contributed by atoms with van der Waals surface area (Å²) in [5.74, 6) is -3.39. The number of esters is 1. The molecule has 0 heterocycles. The predicted molar refractivity (Wildman–Crippen MR) is 68.1 cm³/mol. The minimum atomic E-state index is -1.25. The van der Waals surface area contributed by atoms with Crippen molar-refractivity contribution in [2.75, 3.05) is 0 Å². The van der Waals surface area contributed by atoms with Crippen LogP contribution in [0.4, 0.5) is 0 Å². The molecule has 0 radical (unpaired) electrons. The van der Waals surface area contributed by atoms with Crippen LogP contribution in [0.15, 0.2) is 42.5 Å². The number of hydrogen-bond acceptors (Lipinski definition) is 5. The van der Waals surface area contributed by atoms with Gasteiger partial charge in [0.1, 0.15) is 28.4 Å². The molecule has 0 unspecified atom stereocenters. The molecule has 2 rings (SSSR count). The van der Waals surface area contributed by atoms with Gasteiger partial charge >= 0.3 is 11.9 Å². The van der Waals surface area contributed by atoms with Crippen molar-refractivity contribution in [1.29, 1.82) is 0 Å². The van der Waals surface area contributed by atoms with Crippen LogP contribution in [0.1, 0.15) is 20.7 Å². The maximum Gasteiger partial charge on any atom is 0.351 e. The molecule has 0 aliphatic carbocycles. The van der Waals surface area contributed by atoms with Crippen molar-refractivity contribution in [3.63, 3.8) is 0 Å². The fourth-order valence-electron chi connectivity index (χ4n) is 1.62. The Kier molecular flexibility index (Phi) is 3.56. The molecular weight excluding hydrogens is 264 g/mol. The van der Waals surface area contributed by atoms with Gasteiger partial charge in [-0.3, -0.25) is 0 Å². The van der Waals surface area contributed by atoms with Crippen molar-refractivity contribution in [2.24, 2.45) is 0 Å². The molecule has 0 aliphatic rings. The predicted octanol–water partition coefficient (Wildman–Crippen LogP) is 2.02. The number of phenolic OH excluding ortho intramolecular Hbond substituents is 2. The number of benzene rings is 2. The summed E-state index contributed by atoms with van der Waals surface area (Å²) in [6, 6.07) is 9.33. The lowest BCUT2D eigenvalue weighted by atomic mass is 10.1. The monoisotopic (exact) mass is 274 g/mol. The average molecular weight is 274 g/mol. The molecule has 3 N–H and O–H groups in total. The second-order valence-corrected chi connectivity index (χ2v) is 3.86. The van der Waals surface area contributed by atoms with E-state index in [1.54, 1.807) is 0 Å². The number of hydrogen-bond donors (Lipinski definition) is 3. The van der Waals surface area contributed by atoms with Crippen molar-refractivity contribution >= 4 is 11.9 Å². The van der Waals surface area contributed by atoms with Gasteiger partial charge < -0.3 is 20.1 Å². The number of aromatic hydroxyl groups is 2. The zero-order valence-corrected chi connectivity index (χ0v) is 10.1. The Morgan fingerprint density at radius 3 is 2.10 bits per heavy atom. The molecule has 0 aliphatic heterocycles. The van der Waals surface area contributed by atoms with Gasteiger partial charge in [0.2, 0.25) is 0 Å². The largest absolute Gasteiger partial charge is 0.507 e. The first-order valence-electron chi connectivity index (χ1n) is 5.56. The third-order valence-electron chi connectivity index (χ3n) is 2.54. The van der Waals surface area contributed by atoms with Crippen molar-refractivity contribution < 1.29 is 29.6 Å². The number of carboxylic acids is 1. The normalized spacial score (nSPS) is 10.0. The lowest BCUT2D eigenvalue weighted by Crippen LogP contribution is -2.12. The summed E-state index contributed by atoms with van der Waals surface area (Å²) in [6.07, 6.45) is 0. The van der Waals surface area contributed by atoms with Gasteiger partial charge in [0.15, 0.2) is 0 Å². The zero-order chi connectivity index (χ0) is 14.7. The molecule has 0 saturated carbocycles. The van der Waals surface area contributed by atoms with Crippen LogP contribution in [0.2, 0.25) is 0 Å². The number of ether oxygens (including phenoxy) is 1. The van der Waals surface area contributed by atoms with Gasteiger partial charge in [-0.2, -0.15) is 0 Å². The molecule has 0 atom stereocenters. The number of phenols is 2. The van der Waals surface area contributed by atoms with Gasteiger partial charge in [-0.25, -0.2) is 9.59 Å². The number of aromatic carboxylic acids is 1. The van der Waals surface area contributed by atoms with E-state index in [0.717, 1.165) is 0 Å². The van der Waals surface area contributed by atoms with E-state index in [1.165, 1.54) is 42.5 Å². The Hall–Kier alpha value is -3.02. The van der Waals surface area contributed by atoms with Crippen molar-refractivity contribution in [3.8, 4) is 17.2 Å². The first-order chi connectivity index (χ1) is 9.50. The molecule has 6 nitrogen and oxygen atoms in total. The van der Waals surface area contributed by atoms with E-state index in [1.807, 2.05) is 0 Å². The van der Waals surface area contributed by atoms with Gasteiger partial charge in [-0.15, -0.1) is 0 Å². The van der Waals surface area contributed by atoms with E-state index >= 15 is 0 Å². The summed E-state index contributed by atoms with van der Waals surface area (Å²) in [7, 11) is 0. The van der Waals surface area contributed by atoms with E-state index in [2.05, 4.69) is 0 Å². The Labute approximate surface area is 113 Å². The molecule has 2 aromatic carbocycles. The highest BCUT2D eigenvalue weighted by Crippen LogP contribution is 2.28. The molecule has 0 fully saturated rings. The van der Waals surface area contributed by atoms with E-state index in [4.69, 9.17) is 9.84 Å². The third-order valence-corrected chi connectivity index (χ3v) is 2.54. The molecule has 0 aromatic heterocycles. The maximum absolute atomic E-state index is 11.9. The van der Waals surface area contributed by atoms with Crippen molar-refractivity contribution in [1.82, 2.24) is 0 Å². The zero-order valence-electron chi connectivity index (χ0n) is 10.1. The van der Waals surface area contributed by atoms with Gasteiger partial charge in [0.05, 0.1) is 0 Å². The Balaban J connectivity index is 2.36. The molecule has 102 valence electrons. The van der Waals surface area contributed by atoms with E-state index < -0.39 is 29.0 Å². The molecule has 6 heteroatoms. The molecule has 0 saturated heterocycles. The minimum absolute atomic E-state index is 0.173. The second kappa shape index (κ2) is 5.31. The van der Waals surface area contributed by atoms with Crippen LogP contribution in [0.5, 0.6) is 17.2 Å². The minimum Gasteiger partial charge on any atom is -0.507 e. The van der Waals surface area contributed by atoms with Crippen molar-refractivity contribution in [3.05, 3.63) is 53.6 Å². The second-order valence-electron chi connectivity index (χ2n) is 3.86. The molecule has 0 amide bonds. The number of para-hydroxylation sites is 1. The number of rotatable bonds is 3. The van der Waals surface area contributed by atoms with Crippen LogP contribution < -0.4 is 4.74 Å². The summed E-state index contributed by atoms with van der Waals surface area (Å²) in [4.78, 5) is 22.9. The molecular formula is C14H10O6. The summed E-state index contributed by atoms with van der Waals surface area (Å²) in [6.45, 7) is 0. The SMILES string of the molecule is O=C(O)c1ccccc1OC(=O)c1c(O)cccc1O. The third kappa shape index (κ3) is 2.54. The van der Waals surface area contributed by atoms with Crippen LogP contribution in [0.3, 0.4) is 0 Å². The van der Waals surface area contributed by atoms with Gasteiger partial charge in [0, 0.05) is 0 Å². The topological polar surface area (TPSA) is 104 Å². The van der Waals surface area contributed by atoms with Gasteiger partial charge in [-0.05, 0) is 24.3 Å². The summed E-state index contributed by atoms with van der Waals surface area (Å²) in [5, 5.41) is 28.1. The van der Waals surface area contributed by atoms with Gasteiger partial charge in [0.25, 0.3) is 0 Å². The maximum atomic E-state index is 11.9. The van der Waals surface area contributed by atoms with Crippen molar-refractivity contribution in [2.45, 2.75) is 0 Å². The highest BCUT2D eigenvalue weighted by atomic mass is 16.5. The lowest BCUT2D eigenvalue weighted by molar-refractivity contribution is 0.0680. The molecule has 0 spiro atoms. The standard InChI is InChI=1S/C14H10O6/c15-9-5-3-6-10(16)12(9)14(19)20-11-7-2-1-4-8(11)13(17)18/h1-7,15-16H,(H,17,18). The highest BCUT2D eigenvalue weighted by Gasteiger charge is 2.20. The Morgan fingerprint density at radius 1 is 0.900 bits per heavy atom. The smallest absolute Gasteiger partial charge is 0.351 e. The quantitative estimate of drug-likeness (QED) is 0.584. The number of carbonyl (C=O) groups is 2. The van der Waals surface area contributed by atoms with Gasteiger partial charge in [-0.1, -0.05) is 18.2 Å². The van der Waals surface area contributed by atoms with Crippen LogP contribution in [-0.2, 0) is 0 Å². The molecule has 2 aromatic rings. The first kappa shape index (κ1) is 13.4. The molecule has 20 heavy (non-hydrogen) atoms. The van der Waals surface area contributed by atoms with Crippen LogP contribution in [0, 0.1) is 0 Å². The van der Waals surface area contributed by atoms with Crippen LogP contribution in [0.25, 0.3) is 0 Å². The van der Waals surface area contributed by atoms with Crippen LogP contribution >= 0.6 is 0 Å². The van der Waals surface area contributed by atoms with Crippen LogP contribution in [-0.4, -0.2) is 27.3 Å². The lowest BCUT2D eigenvalue weighted by Gasteiger charge is -2.09. The fraction of sp³-hybridized carbons (Fsp3) is 0. The Morgan fingerprint density at radius 2 is 1.50 bits per heavy atom. The average Bonchev–Trinajstić information content (AvgIpc) is 2.38. The highest BCUT2D eigenvalue weighted by molar-refractivity contribution is 5.98. The number of carbonyl (C=O) groups excluding carboxylic acids is 1. The summed E-state index contributed by atoms with van der Waals surface area (Å²) in [5.41, 5.74) is -0.622. The van der Waals surface area contributed by atoms with E-state index in [-0.39, 0.29) is 11.3 Å². The Bertz CT molecular complexity index is 657. The van der Waals surface area contributed by atoms with E-state index in [0.29, 0.717) is 0 Å². The van der Waals surface area contributed by atoms with E-state index in [9.17, 15) is 19.8 Å². The number of carboxylic acid groups (broad SMARTS) is 1. The molecule has 0 bridgehead atoms.